The second-order valence-electron chi connectivity index (χ2n) is 6.01. The normalized spacial score (nSPS) is 12.6. The summed E-state index contributed by atoms with van der Waals surface area (Å²) in [7, 11) is -1.79. The van der Waals surface area contributed by atoms with Crippen molar-refractivity contribution in [1.29, 1.82) is 0 Å². The van der Waals surface area contributed by atoms with Crippen LogP contribution >= 0.6 is 11.6 Å². The standard InChI is InChI=1S/C14H21ClO2Si/c1-14(2,3)18(4,5)17-10-11-6-7-13(15)8-12(11)9-16/h6-9H,10H2,1-5H3. The van der Waals surface area contributed by atoms with Crippen LogP contribution in [0.25, 0.3) is 0 Å². The van der Waals surface area contributed by atoms with E-state index in [1.54, 1.807) is 12.1 Å². The molecule has 0 aromatic heterocycles. The predicted molar refractivity (Wildman–Crippen MR) is 78.8 cm³/mol. The summed E-state index contributed by atoms with van der Waals surface area (Å²) in [6.45, 7) is 11.5. The van der Waals surface area contributed by atoms with Gasteiger partial charge < -0.3 is 4.43 Å². The molecule has 1 aromatic rings. The summed E-state index contributed by atoms with van der Waals surface area (Å²) in [6, 6.07) is 5.33. The molecule has 1 aromatic carbocycles. The molecule has 0 aliphatic carbocycles. The zero-order valence-electron chi connectivity index (χ0n) is 11.7. The van der Waals surface area contributed by atoms with E-state index < -0.39 is 8.32 Å². The number of rotatable bonds is 4. The Morgan fingerprint density at radius 3 is 2.44 bits per heavy atom. The highest BCUT2D eigenvalue weighted by atomic mass is 35.5. The number of benzene rings is 1. The van der Waals surface area contributed by atoms with Crippen LogP contribution in [-0.4, -0.2) is 14.6 Å². The molecular formula is C14H21ClO2Si. The van der Waals surface area contributed by atoms with Crippen LogP contribution in [0.4, 0.5) is 0 Å². The first-order chi connectivity index (χ1) is 8.17. The van der Waals surface area contributed by atoms with Crippen LogP contribution in [0.3, 0.4) is 0 Å². The highest BCUT2D eigenvalue weighted by Gasteiger charge is 2.37. The number of carbonyl (C=O) groups is 1. The average Bonchev–Trinajstić information content (AvgIpc) is 2.25. The van der Waals surface area contributed by atoms with E-state index in [-0.39, 0.29) is 5.04 Å². The fourth-order valence-corrected chi connectivity index (χ4v) is 2.41. The summed E-state index contributed by atoms with van der Waals surface area (Å²) in [6.07, 6.45) is 0.830. The molecule has 2 nitrogen and oxygen atoms in total. The zero-order valence-corrected chi connectivity index (χ0v) is 13.5. The number of halogens is 1. The predicted octanol–water partition coefficient (Wildman–Crippen LogP) is 4.67. The Morgan fingerprint density at radius 1 is 1.33 bits per heavy atom. The van der Waals surface area contributed by atoms with Crippen molar-refractivity contribution >= 4 is 26.2 Å². The quantitative estimate of drug-likeness (QED) is 0.593. The molecule has 0 unspecified atom stereocenters. The Labute approximate surface area is 115 Å². The van der Waals surface area contributed by atoms with Gasteiger partial charge in [0, 0.05) is 10.6 Å². The average molecular weight is 285 g/mol. The van der Waals surface area contributed by atoms with Crippen LogP contribution in [0.15, 0.2) is 18.2 Å². The van der Waals surface area contributed by atoms with Gasteiger partial charge in [-0.3, -0.25) is 4.79 Å². The third-order valence-corrected chi connectivity index (χ3v) is 8.34. The van der Waals surface area contributed by atoms with E-state index in [1.807, 2.05) is 6.07 Å². The summed E-state index contributed by atoms with van der Waals surface area (Å²) in [5, 5.41) is 0.744. The summed E-state index contributed by atoms with van der Waals surface area (Å²) in [4.78, 5) is 11.0. The second kappa shape index (κ2) is 5.55. The first kappa shape index (κ1) is 15.4. The van der Waals surface area contributed by atoms with E-state index in [4.69, 9.17) is 16.0 Å². The highest BCUT2D eigenvalue weighted by molar-refractivity contribution is 6.74. The van der Waals surface area contributed by atoms with Gasteiger partial charge in [0.2, 0.25) is 0 Å². The molecule has 0 aliphatic rings. The largest absolute Gasteiger partial charge is 0.413 e. The monoisotopic (exact) mass is 284 g/mol. The number of hydrogen-bond donors (Lipinski definition) is 0. The van der Waals surface area contributed by atoms with Crippen molar-refractivity contribution in [2.75, 3.05) is 0 Å². The minimum absolute atomic E-state index is 0.167. The van der Waals surface area contributed by atoms with Gasteiger partial charge in [-0.1, -0.05) is 38.4 Å². The van der Waals surface area contributed by atoms with E-state index in [0.29, 0.717) is 17.2 Å². The van der Waals surface area contributed by atoms with Gasteiger partial charge in [-0.15, -0.1) is 0 Å². The van der Waals surface area contributed by atoms with E-state index in [1.165, 1.54) is 0 Å². The molecule has 0 saturated heterocycles. The van der Waals surface area contributed by atoms with E-state index >= 15 is 0 Å². The maximum Gasteiger partial charge on any atom is 0.192 e. The molecular weight excluding hydrogens is 264 g/mol. The summed E-state index contributed by atoms with van der Waals surface area (Å²) < 4.78 is 6.10. The van der Waals surface area contributed by atoms with Crippen LogP contribution in [0.5, 0.6) is 0 Å². The minimum Gasteiger partial charge on any atom is -0.413 e. The molecule has 0 amide bonds. The van der Waals surface area contributed by atoms with Gasteiger partial charge in [0.05, 0.1) is 6.61 Å². The molecule has 18 heavy (non-hydrogen) atoms. The molecule has 0 heterocycles. The van der Waals surface area contributed by atoms with Gasteiger partial charge in [0.25, 0.3) is 0 Å². The fourth-order valence-electron chi connectivity index (χ4n) is 1.28. The Balaban J connectivity index is 2.84. The number of aldehydes is 1. The lowest BCUT2D eigenvalue weighted by Crippen LogP contribution is -2.40. The van der Waals surface area contributed by atoms with Gasteiger partial charge in [0.15, 0.2) is 8.32 Å². The Hall–Kier alpha value is -0.643. The van der Waals surface area contributed by atoms with Gasteiger partial charge in [-0.2, -0.15) is 0 Å². The summed E-state index contributed by atoms with van der Waals surface area (Å²) >= 11 is 5.87. The van der Waals surface area contributed by atoms with Crippen LogP contribution in [-0.2, 0) is 11.0 Å². The molecule has 0 atom stereocenters. The van der Waals surface area contributed by atoms with Crippen molar-refractivity contribution < 1.29 is 9.22 Å². The molecule has 0 N–H and O–H groups in total. The molecule has 4 heteroatoms. The van der Waals surface area contributed by atoms with Crippen LogP contribution in [0.2, 0.25) is 23.2 Å². The maximum atomic E-state index is 11.0. The Bertz CT molecular complexity index is 436. The molecule has 0 bridgehead atoms. The molecule has 1 rings (SSSR count). The highest BCUT2D eigenvalue weighted by Crippen LogP contribution is 2.37. The van der Waals surface area contributed by atoms with Crippen LogP contribution in [0, 0.1) is 0 Å². The maximum absolute atomic E-state index is 11.0. The topological polar surface area (TPSA) is 26.3 Å². The lowest BCUT2D eigenvalue weighted by atomic mass is 10.1. The lowest BCUT2D eigenvalue weighted by molar-refractivity contribution is 0.112. The molecule has 0 spiro atoms. The van der Waals surface area contributed by atoms with Crippen molar-refractivity contribution in [3.05, 3.63) is 34.3 Å². The van der Waals surface area contributed by atoms with Crippen LogP contribution in [0.1, 0.15) is 36.7 Å². The van der Waals surface area contributed by atoms with Gasteiger partial charge in [-0.25, -0.2) is 0 Å². The van der Waals surface area contributed by atoms with E-state index in [9.17, 15) is 4.79 Å². The lowest BCUT2D eigenvalue weighted by Gasteiger charge is -2.36. The molecule has 0 fully saturated rings. The summed E-state index contributed by atoms with van der Waals surface area (Å²) in [5.41, 5.74) is 1.51. The van der Waals surface area contributed by atoms with Gasteiger partial charge in [-0.05, 0) is 35.8 Å². The second-order valence-corrected chi connectivity index (χ2v) is 11.3. The third-order valence-electron chi connectivity index (χ3n) is 3.63. The Morgan fingerprint density at radius 2 is 1.94 bits per heavy atom. The smallest absolute Gasteiger partial charge is 0.192 e. The number of hydrogen-bond acceptors (Lipinski definition) is 2. The van der Waals surface area contributed by atoms with Crippen molar-refractivity contribution in [3.63, 3.8) is 0 Å². The Kier molecular flexibility index (Phi) is 4.76. The SMILES string of the molecule is CC(C)(C)[Si](C)(C)OCc1ccc(Cl)cc1C=O. The van der Waals surface area contributed by atoms with Crippen molar-refractivity contribution in [3.8, 4) is 0 Å². The fraction of sp³-hybridized carbons (Fsp3) is 0.500. The molecule has 0 aliphatic heterocycles. The van der Waals surface area contributed by atoms with Gasteiger partial charge >= 0.3 is 0 Å². The van der Waals surface area contributed by atoms with Crippen molar-refractivity contribution in [2.45, 2.75) is 45.5 Å². The molecule has 100 valence electrons. The van der Waals surface area contributed by atoms with E-state index in [2.05, 4.69) is 33.9 Å². The minimum atomic E-state index is -1.79. The first-order valence-corrected chi connectivity index (χ1v) is 9.33. The van der Waals surface area contributed by atoms with Gasteiger partial charge in [0.1, 0.15) is 6.29 Å². The third kappa shape index (κ3) is 3.67. The van der Waals surface area contributed by atoms with Crippen molar-refractivity contribution in [2.24, 2.45) is 0 Å². The van der Waals surface area contributed by atoms with Crippen molar-refractivity contribution in [1.82, 2.24) is 0 Å². The zero-order chi connectivity index (χ0) is 14.0. The molecule has 0 radical (unpaired) electrons. The first-order valence-electron chi connectivity index (χ1n) is 6.05. The van der Waals surface area contributed by atoms with Crippen LogP contribution < -0.4 is 0 Å². The summed E-state index contributed by atoms with van der Waals surface area (Å²) in [5.74, 6) is 0. The molecule has 0 saturated carbocycles. The van der Waals surface area contributed by atoms with E-state index in [0.717, 1.165) is 11.8 Å². The number of carbonyl (C=O) groups excluding carboxylic acids is 1.